The van der Waals surface area contributed by atoms with E-state index in [0.717, 1.165) is 24.8 Å². The van der Waals surface area contributed by atoms with Gasteiger partial charge < -0.3 is 9.47 Å². The molecule has 0 aliphatic rings. The molecular formula is C13H24N2O6S2Si. The molecule has 11 heteroatoms. The third-order valence-electron chi connectivity index (χ3n) is 2.85. The highest BCUT2D eigenvalue weighted by molar-refractivity contribution is 8.09. The van der Waals surface area contributed by atoms with Crippen molar-refractivity contribution in [1.82, 2.24) is 4.98 Å². The van der Waals surface area contributed by atoms with Crippen LogP contribution in [0.25, 0.3) is 0 Å². The molecule has 1 heterocycles. The maximum absolute atomic E-state index is 11.9. The highest BCUT2D eigenvalue weighted by atomic mass is 32.3. The molecule has 1 aromatic heterocycles. The molecule has 0 unspecified atom stereocenters. The van der Waals surface area contributed by atoms with Gasteiger partial charge in [0.1, 0.15) is 5.69 Å². The second-order valence-corrected chi connectivity index (χ2v) is 16.1. The van der Waals surface area contributed by atoms with Crippen LogP contribution >= 0.6 is 0 Å². The van der Waals surface area contributed by atoms with Crippen molar-refractivity contribution in [3.05, 3.63) is 18.5 Å². The fourth-order valence-corrected chi connectivity index (χ4v) is 5.49. The summed E-state index contributed by atoms with van der Waals surface area (Å²) in [6, 6.07) is 2.35. The zero-order valence-corrected chi connectivity index (χ0v) is 17.1. The predicted octanol–water partition coefficient (Wildman–Crippen LogP) is 1.50. The molecule has 0 aliphatic heterocycles. The van der Waals surface area contributed by atoms with Crippen molar-refractivity contribution < 1.29 is 26.3 Å². The van der Waals surface area contributed by atoms with Gasteiger partial charge >= 0.3 is 0 Å². The van der Waals surface area contributed by atoms with Crippen LogP contribution in [0.1, 0.15) is 0 Å². The fraction of sp³-hybridized carbons (Fsp3) is 0.615. The number of sulfonamides is 2. The number of rotatable bonds is 9. The van der Waals surface area contributed by atoms with Crippen LogP contribution in [0.2, 0.25) is 25.7 Å². The van der Waals surface area contributed by atoms with Crippen molar-refractivity contribution in [3.63, 3.8) is 0 Å². The molecule has 0 aliphatic carbocycles. The van der Waals surface area contributed by atoms with Crippen LogP contribution in [0.3, 0.4) is 0 Å². The second-order valence-electron chi connectivity index (χ2n) is 6.55. The number of ether oxygens (including phenoxy) is 2. The van der Waals surface area contributed by atoms with Crippen LogP contribution in [0.15, 0.2) is 18.5 Å². The third kappa shape index (κ3) is 6.75. The SMILES string of the molecule is C[Si](C)(C)CCOCOc1ccncc1N(S(C)(=O)=O)S(C)(=O)=O. The lowest BCUT2D eigenvalue weighted by Crippen LogP contribution is -2.35. The molecule has 0 aromatic carbocycles. The summed E-state index contributed by atoms with van der Waals surface area (Å²) in [5.41, 5.74) is -0.170. The maximum atomic E-state index is 11.9. The van der Waals surface area contributed by atoms with Gasteiger partial charge in [-0.3, -0.25) is 4.98 Å². The molecule has 0 radical (unpaired) electrons. The molecule has 0 fully saturated rings. The van der Waals surface area contributed by atoms with Gasteiger partial charge in [0.15, 0.2) is 12.5 Å². The number of pyridine rings is 1. The van der Waals surface area contributed by atoms with Gasteiger partial charge in [0, 0.05) is 26.9 Å². The molecule has 0 saturated heterocycles. The number of aromatic nitrogens is 1. The lowest BCUT2D eigenvalue weighted by molar-refractivity contribution is 0.0224. The molecule has 0 saturated carbocycles. The first-order chi connectivity index (χ1) is 10.8. The van der Waals surface area contributed by atoms with Gasteiger partial charge in [0.2, 0.25) is 20.0 Å². The summed E-state index contributed by atoms with van der Waals surface area (Å²) in [6.45, 7) is 7.07. The zero-order chi connectivity index (χ0) is 18.6. The zero-order valence-electron chi connectivity index (χ0n) is 14.5. The van der Waals surface area contributed by atoms with Gasteiger partial charge in [0.05, 0.1) is 18.7 Å². The maximum Gasteiger partial charge on any atom is 0.245 e. The van der Waals surface area contributed by atoms with Crippen LogP contribution in [-0.4, -0.2) is 55.8 Å². The Labute approximate surface area is 144 Å². The van der Waals surface area contributed by atoms with Gasteiger partial charge in [-0.15, -0.1) is 0 Å². The van der Waals surface area contributed by atoms with E-state index in [-0.39, 0.29) is 18.2 Å². The summed E-state index contributed by atoms with van der Waals surface area (Å²) in [5, 5.41) is 0. The fourth-order valence-electron chi connectivity index (χ4n) is 1.78. The van der Waals surface area contributed by atoms with Crippen molar-refractivity contribution >= 4 is 33.8 Å². The van der Waals surface area contributed by atoms with Crippen molar-refractivity contribution in [2.24, 2.45) is 0 Å². The standard InChI is InChI=1S/C13H24N2O6S2Si/c1-22(16,17)15(23(2,18)19)12-10-14-7-6-13(12)21-11-20-8-9-24(3,4)5/h6-7,10H,8-9,11H2,1-5H3. The Bertz CT molecular complexity index is 727. The molecule has 1 aromatic rings. The van der Waals surface area contributed by atoms with Gasteiger partial charge in [-0.05, 0) is 6.04 Å². The lowest BCUT2D eigenvalue weighted by atomic mass is 10.4. The molecule has 0 atom stereocenters. The van der Waals surface area contributed by atoms with E-state index >= 15 is 0 Å². The molecule has 0 N–H and O–H groups in total. The van der Waals surface area contributed by atoms with Crippen LogP contribution in [0.4, 0.5) is 5.69 Å². The summed E-state index contributed by atoms with van der Waals surface area (Å²) in [7, 11) is -9.35. The molecule has 0 spiro atoms. The first-order valence-electron chi connectivity index (χ1n) is 7.17. The summed E-state index contributed by atoms with van der Waals surface area (Å²) in [5.74, 6) is 0.0638. The van der Waals surface area contributed by atoms with E-state index in [1.54, 1.807) is 0 Å². The summed E-state index contributed by atoms with van der Waals surface area (Å²) in [4.78, 5) is 3.78. The van der Waals surface area contributed by atoms with Crippen molar-refractivity contribution in [2.45, 2.75) is 25.7 Å². The van der Waals surface area contributed by atoms with Crippen LogP contribution < -0.4 is 8.45 Å². The molecule has 0 bridgehead atoms. The lowest BCUT2D eigenvalue weighted by Gasteiger charge is -2.22. The minimum Gasteiger partial charge on any atom is -0.465 e. The van der Waals surface area contributed by atoms with Crippen molar-refractivity contribution in [1.29, 1.82) is 0 Å². The minimum absolute atomic E-state index is 0.0638. The number of hydrogen-bond acceptors (Lipinski definition) is 7. The third-order valence-corrected chi connectivity index (χ3v) is 7.78. The predicted molar refractivity (Wildman–Crippen MR) is 96.0 cm³/mol. The smallest absolute Gasteiger partial charge is 0.245 e. The molecule has 8 nitrogen and oxygen atoms in total. The Morgan fingerprint density at radius 3 is 2.21 bits per heavy atom. The van der Waals surface area contributed by atoms with E-state index in [2.05, 4.69) is 24.6 Å². The van der Waals surface area contributed by atoms with Gasteiger partial charge in [-0.25, -0.2) is 16.8 Å². The summed E-state index contributed by atoms with van der Waals surface area (Å²) in [6.07, 6.45) is 4.10. The first kappa shape index (κ1) is 20.9. The van der Waals surface area contributed by atoms with E-state index in [1.165, 1.54) is 12.3 Å². The molecular weight excluding hydrogens is 372 g/mol. The molecule has 1 rings (SSSR count). The number of nitrogens with zero attached hydrogens (tertiary/aromatic N) is 2. The first-order valence-corrected chi connectivity index (χ1v) is 14.6. The molecule has 24 heavy (non-hydrogen) atoms. The summed E-state index contributed by atoms with van der Waals surface area (Å²) < 4.78 is 58.5. The highest BCUT2D eigenvalue weighted by Crippen LogP contribution is 2.30. The van der Waals surface area contributed by atoms with Crippen LogP contribution in [0, 0.1) is 0 Å². The van der Waals surface area contributed by atoms with E-state index in [9.17, 15) is 16.8 Å². The van der Waals surface area contributed by atoms with E-state index < -0.39 is 28.1 Å². The van der Waals surface area contributed by atoms with Gasteiger partial charge in [0.25, 0.3) is 0 Å². The monoisotopic (exact) mass is 396 g/mol. The van der Waals surface area contributed by atoms with Gasteiger partial charge in [-0.1, -0.05) is 19.6 Å². The average molecular weight is 397 g/mol. The van der Waals surface area contributed by atoms with Crippen molar-refractivity contribution in [3.8, 4) is 5.75 Å². The topological polar surface area (TPSA) is 103 Å². The molecule has 138 valence electrons. The normalized spacial score (nSPS) is 12.9. The Kier molecular flexibility index (Phi) is 6.79. The van der Waals surface area contributed by atoms with Crippen molar-refractivity contribution in [2.75, 3.05) is 29.6 Å². The second kappa shape index (κ2) is 7.81. The van der Waals surface area contributed by atoms with Crippen LogP contribution in [0.5, 0.6) is 5.75 Å². The Hall–Kier alpha value is -1.17. The average Bonchev–Trinajstić information content (AvgIpc) is 2.35. The summed E-state index contributed by atoms with van der Waals surface area (Å²) >= 11 is 0. The Balaban J connectivity index is 2.92. The Morgan fingerprint density at radius 2 is 1.71 bits per heavy atom. The molecule has 0 amide bonds. The van der Waals surface area contributed by atoms with E-state index in [0.29, 0.717) is 10.3 Å². The Morgan fingerprint density at radius 1 is 1.12 bits per heavy atom. The quantitative estimate of drug-likeness (QED) is 0.354. The van der Waals surface area contributed by atoms with E-state index in [4.69, 9.17) is 9.47 Å². The largest absolute Gasteiger partial charge is 0.465 e. The van der Waals surface area contributed by atoms with E-state index in [1.807, 2.05) is 0 Å². The van der Waals surface area contributed by atoms with Crippen LogP contribution in [-0.2, 0) is 24.8 Å². The highest BCUT2D eigenvalue weighted by Gasteiger charge is 2.30. The van der Waals surface area contributed by atoms with Gasteiger partial charge in [-0.2, -0.15) is 3.71 Å². The number of anilines is 1. The minimum atomic E-state index is -4.06. The number of hydrogen-bond donors (Lipinski definition) is 0.